The number of esters is 1. The highest BCUT2D eigenvalue weighted by molar-refractivity contribution is 5.94. The lowest BCUT2D eigenvalue weighted by atomic mass is 10.2. The fourth-order valence-corrected chi connectivity index (χ4v) is 1.51. The maximum Gasteiger partial charge on any atom is 0.355 e. The van der Waals surface area contributed by atoms with Gasteiger partial charge >= 0.3 is 5.97 Å². The Kier molecular flexibility index (Phi) is 2.76. The van der Waals surface area contributed by atoms with Crippen LogP contribution in [-0.4, -0.2) is 27.3 Å². The molecular weight excluding hydrogens is 206 g/mol. The van der Waals surface area contributed by atoms with Crippen molar-refractivity contribution in [3.05, 3.63) is 30.2 Å². The van der Waals surface area contributed by atoms with Gasteiger partial charge in [-0.3, -0.25) is 4.68 Å². The smallest absolute Gasteiger partial charge is 0.355 e. The van der Waals surface area contributed by atoms with Crippen molar-refractivity contribution >= 4 is 5.97 Å². The van der Waals surface area contributed by atoms with E-state index in [4.69, 9.17) is 4.74 Å². The van der Waals surface area contributed by atoms with Gasteiger partial charge in [0.2, 0.25) is 0 Å². The topological polar surface area (TPSA) is 59.9 Å². The number of rotatable bonds is 3. The largest absolute Gasteiger partial charge is 0.461 e. The first-order valence-electron chi connectivity index (χ1n) is 5.07. The van der Waals surface area contributed by atoms with Crippen LogP contribution in [0.5, 0.6) is 0 Å². The van der Waals surface area contributed by atoms with Gasteiger partial charge < -0.3 is 9.72 Å². The van der Waals surface area contributed by atoms with E-state index in [0.717, 1.165) is 11.3 Å². The summed E-state index contributed by atoms with van der Waals surface area (Å²) in [6.45, 7) is 2.14. The quantitative estimate of drug-likeness (QED) is 0.797. The number of carbonyl (C=O) groups excluding carboxylic acids is 1. The van der Waals surface area contributed by atoms with Crippen molar-refractivity contribution in [2.24, 2.45) is 7.05 Å². The highest BCUT2D eigenvalue weighted by Gasteiger charge is 2.16. The molecule has 2 aromatic heterocycles. The Morgan fingerprint density at radius 2 is 2.38 bits per heavy atom. The molecule has 16 heavy (non-hydrogen) atoms. The summed E-state index contributed by atoms with van der Waals surface area (Å²) < 4.78 is 6.64. The molecule has 0 aromatic carbocycles. The Morgan fingerprint density at radius 1 is 1.56 bits per heavy atom. The molecule has 0 aliphatic rings. The van der Waals surface area contributed by atoms with E-state index in [1.165, 1.54) is 0 Å². The zero-order valence-electron chi connectivity index (χ0n) is 9.23. The standard InChI is InChI=1S/C11H13N3O2/c1-3-16-11(15)10-8(4-6-12-10)9-5-7-14(2)13-9/h4-7,12H,3H2,1-2H3. The Hall–Kier alpha value is -2.04. The molecule has 0 radical (unpaired) electrons. The summed E-state index contributed by atoms with van der Waals surface area (Å²) >= 11 is 0. The molecule has 0 amide bonds. The van der Waals surface area contributed by atoms with Gasteiger partial charge in [-0.25, -0.2) is 4.79 Å². The van der Waals surface area contributed by atoms with Gasteiger partial charge in [-0.1, -0.05) is 0 Å². The number of hydrogen-bond acceptors (Lipinski definition) is 3. The Bertz CT molecular complexity index is 499. The molecule has 0 saturated carbocycles. The lowest BCUT2D eigenvalue weighted by molar-refractivity contribution is 0.0521. The maximum absolute atomic E-state index is 11.6. The molecule has 0 unspecified atom stereocenters. The lowest BCUT2D eigenvalue weighted by Gasteiger charge is -2.01. The fourth-order valence-electron chi connectivity index (χ4n) is 1.51. The van der Waals surface area contributed by atoms with Crippen LogP contribution in [0.1, 0.15) is 17.4 Å². The normalized spacial score (nSPS) is 10.4. The van der Waals surface area contributed by atoms with Crippen molar-refractivity contribution in [3.8, 4) is 11.3 Å². The lowest BCUT2D eigenvalue weighted by Crippen LogP contribution is -2.06. The Balaban J connectivity index is 2.36. The van der Waals surface area contributed by atoms with Crippen LogP contribution in [0.15, 0.2) is 24.5 Å². The molecule has 2 aromatic rings. The molecule has 84 valence electrons. The fraction of sp³-hybridized carbons (Fsp3) is 0.273. The van der Waals surface area contributed by atoms with E-state index in [-0.39, 0.29) is 5.97 Å². The van der Waals surface area contributed by atoms with Crippen molar-refractivity contribution in [2.45, 2.75) is 6.92 Å². The van der Waals surface area contributed by atoms with Crippen LogP contribution in [0.25, 0.3) is 11.3 Å². The molecule has 0 spiro atoms. The number of aromatic amines is 1. The zero-order valence-corrected chi connectivity index (χ0v) is 9.23. The van der Waals surface area contributed by atoms with E-state index in [9.17, 15) is 4.79 Å². The van der Waals surface area contributed by atoms with Crippen LogP contribution < -0.4 is 0 Å². The van der Waals surface area contributed by atoms with Gasteiger partial charge in [0.25, 0.3) is 0 Å². The van der Waals surface area contributed by atoms with E-state index in [2.05, 4.69) is 10.1 Å². The first kappa shape index (κ1) is 10.5. The molecule has 2 rings (SSSR count). The van der Waals surface area contributed by atoms with Crippen LogP contribution in [0.4, 0.5) is 0 Å². The monoisotopic (exact) mass is 219 g/mol. The van der Waals surface area contributed by atoms with Crippen molar-refractivity contribution in [1.82, 2.24) is 14.8 Å². The summed E-state index contributed by atoms with van der Waals surface area (Å²) in [5.74, 6) is -0.354. The number of H-pyrrole nitrogens is 1. The summed E-state index contributed by atoms with van der Waals surface area (Å²) in [6.07, 6.45) is 3.54. The Morgan fingerprint density at radius 3 is 3.00 bits per heavy atom. The van der Waals surface area contributed by atoms with Gasteiger partial charge in [-0.15, -0.1) is 0 Å². The second-order valence-electron chi connectivity index (χ2n) is 3.36. The average molecular weight is 219 g/mol. The SMILES string of the molecule is CCOC(=O)c1[nH]ccc1-c1ccn(C)n1. The molecule has 0 bridgehead atoms. The van der Waals surface area contributed by atoms with Crippen molar-refractivity contribution < 1.29 is 9.53 Å². The van der Waals surface area contributed by atoms with Crippen molar-refractivity contribution in [1.29, 1.82) is 0 Å². The minimum absolute atomic E-state index is 0.354. The predicted octanol–water partition coefficient (Wildman–Crippen LogP) is 1.59. The van der Waals surface area contributed by atoms with Crippen LogP contribution in [0, 0.1) is 0 Å². The second-order valence-corrected chi connectivity index (χ2v) is 3.36. The van der Waals surface area contributed by atoms with Crippen LogP contribution >= 0.6 is 0 Å². The number of nitrogens with one attached hydrogen (secondary N) is 1. The number of nitrogens with zero attached hydrogens (tertiary/aromatic N) is 2. The highest BCUT2D eigenvalue weighted by Crippen LogP contribution is 2.21. The third-order valence-electron chi connectivity index (χ3n) is 2.22. The molecular formula is C11H13N3O2. The summed E-state index contributed by atoms with van der Waals surface area (Å²) in [4.78, 5) is 14.5. The van der Waals surface area contributed by atoms with Gasteiger partial charge in [0.15, 0.2) is 0 Å². The van der Waals surface area contributed by atoms with Gasteiger partial charge in [0.1, 0.15) is 5.69 Å². The van der Waals surface area contributed by atoms with E-state index >= 15 is 0 Å². The zero-order chi connectivity index (χ0) is 11.5. The predicted molar refractivity (Wildman–Crippen MR) is 59.0 cm³/mol. The molecule has 0 fully saturated rings. The summed E-state index contributed by atoms with van der Waals surface area (Å²) in [5.41, 5.74) is 1.96. The van der Waals surface area contributed by atoms with Crippen molar-refractivity contribution in [2.75, 3.05) is 6.61 Å². The molecule has 0 aliphatic carbocycles. The van der Waals surface area contributed by atoms with Crippen LogP contribution in [0.2, 0.25) is 0 Å². The van der Waals surface area contributed by atoms with E-state index in [1.807, 2.05) is 25.4 Å². The van der Waals surface area contributed by atoms with Gasteiger partial charge in [0.05, 0.1) is 12.3 Å². The molecule has 5 heteroatoms. The number of ether oxygens (including phenoxy) is 1. The Labute approximate surface area is 93.0 Å². The maximum atomic E-state index is 11.6. The third kappa shape index (κ3) is 1.84. The van der Waals surface area contributed by atoms with Crippen molar-refractivity contribution in [3.63, 3.8) is 0 Å². The van der Waals surface area contributed by atoms with E-state index in [1.54, 1.807) is 17.8 Å². The first-order chi connectivity index (χ1) is 7.72. The minimum Gasteiger partial charge on any atom is -0.461 e. The summed E-state index contributed by atoms with van der Waals surface area (Å²) in [7, 11) is 1.83. The number of aryl methyl sites for hydroxylation is 1. The average Bonchev–Trinajstić information content (AvgIpc) is 2.85. The van der Waals surface area contributed by atoms with Gasteiger partial charge in [0, 0.05) is 25.0 Å². The number of aromatic nitrogens is 3. The highest BCUT2D eigenvalue weighted by atomic mass is 16.5. The molecule has 0 aliphatic heterocycles. The van der Waals surface area contributed by atoms with Crippen LogP contribution in [-0.2, 0) is 11.8 Å². The van der Waals surface area contributed by atoms with E-state index in [0.29, 0.717) is 12.3 Å². The summed E-state index contributed by atoms with van der Waals surface area (Å²) in [5, 5.41) is 4.25. The van der Waals surface area contributed by atoms with Crippen LogP contribution in [0.3, 0.4) is 0 Å². The molecule has 0 saturated heterocycles. The number of hydrogen-bond donors (Lipinski definition) is 1. The van der Waals surface area contributed by atoms with Gasteiger partial charge in [-0.05, 0) is 19.1 Å². The molecule has 5 nitrogen and oxygen atoms in total. The summed E-state index contributed by atoms with van der Waals surface area (Å²) in [6, 6.07) is 3.67. The molecule has 2 heterocycles. The number of carbonyl (C=O) groups is 1. The first-order valence-corrected chi connectivity index (χ1v) is 5.07. The van der Waals surface area contributed by atoms with E-state index < -0.39 is 0 Å². The second kappa shape index (κ2) is 4.22. The third-order valence-corrected chi connectivity index (χ3v) is 2.22. The minimum atomic E-state index is -0.354. The molecule has 0 atom stereocenters. The molecule has 1 N–H and O–H groups in total. The van der Waals surface area contributed by atoms with Gasteiger partial charge in [-0.2, -0.15) is 5.10 Å².